The number of rotatable bonds is 5. The average molecular weight is 363 g/mol. The summed E-state index contributed by atoms with van der Waals surface area (Å²) in [5.74, 6) is -0.0503. The van der Waals surface area contributed by atoms with Crippen molar-refractivity contribution >= 4 is 11.9 Å². The number of esters is 1. The maximum atomic E-state index is 12.8. The number of nitrogens with zero attached hydrogens (tertiary/aromatic N) is 1. The van der Waals surface area contributed by atoms with Crippen LogP contribution in [0.3, 0.4) is 0 Å². The fraction of sp³-hybridized carbons (Fsp3) is 0.391. The van der Waals surface area contributed by atoms with E-state index in [9.17, 15) is 9.59 Å². The van der Waals surface area contributed by atoms with Crippen LogP contribution in [0.4, 0.5) is 0 Å². The molecule has 0 spiro atoms. The zero-order chi connectivity index (χ0) is 18.7. The number of carbonyl (C=O) groups is 2. The van der Waals surface area contributed by atoms with Crippen molar-refractivity contribution in [1.82, 2.24) is 4.90 Å². The Morgan fingerprint density at radius 1 is 0.889 bits per heavy atom. The van der Waals surface area contributed by atoms with Gasteiger partial charge in [0.15, 0.2) is 0 Å². The van der Waals surface area contributed by atoms with E-state index in [0.717, 1.165) is 56.3 Å². The average Bonchev–Trinajstić information content (AvgIpc) is 3.21. The van der Waals surface area contributed by atoms with E-state index < -0.39 is 5.41 Å². The van der Waals surface area contributed by atoms with Crippen LogP contribution in [0, 0.1) is 0 Å². The van der Waals surface area contributed by atoms with Gasteiger partial charge < -0.3 is 9.64 Å². The van der Waals surface area contributed by atoms with E-state index in [0.29, 0.717) is 5.56 Å². The van der Waals surface area contributed by atoms with Crippen molar-refractivity contribution in [3.05, 3.63) is 71.3 Å². The highest BCUT2D eigenvalue weighted by Crippen LogP contribution is 2.44. The number of amides is 1. The maximum absolute atomic E-state index is 12.8. The SMILES string of the molecule is O=C(c1ccc(COC(=O)C2(c3ccccc3)CCC2)cc1)N1CCCC1. The minimum absolute atomic E-state index is 0.0912. The Bertz CT molecular complexity index is 803. The van der Waals surface area contributed by atoms with Crippen molar-refractivity contribution in [3.8, 4) is 0 Å². The van der Waals surface area contributed by atoms with Gasteiger partial charge in [0.05, 0.1) is 5.41 Å². The molecule has 27 heavy (non-hydrogen) atoms. The molecule has 0 bridgehead atoms. The van der Waals surface area contributed by atoms with Gasteiger partial charge in [-0.2, -0.15) is 0 Å². The van der Waals surface area contributed by atoms with Crippen LogP contribution in [0.25, 0.3) is 0 Å². The second kappa shape index (κ2) is 7.55. The van der Waals surface area contributed by atoms with Crippen molar-refractivity contribution in [2.24, 2.45) is 0 Å². The van der Waals surface area contributed by atoms with Gasteiger partial charge in [0.1, 0.15) is 6.61 Å². The molecule has 1 aliphatic carbocycles. The Labute approximate surface area is 160 Å². The Balaban J connectivity index is 1.38. The fourth-order valence-corrected chi connectivity index (χ4v) is 4.03. The third-order valence-electron chi connectivity index (χ3n) is 5.89. The van der Waals surface area contributed by atoms with E-state index >= 15 is 0 Å². The van der Waals surface area contributed by atoms with Crippen LogP contribution in [0.15, 0.2) is 54.6 Å². The van der Waals surface area contributed by atoms with Gasteiger partial charge in [0.25, 0.3) is 5.91 Å². The molecule has 0 radical (unpaired) electrons. The summed E-state index contributed by atoms with van der Waals surface area (Å²) < 4.78 is 5.66. The molecular weight excluding hydrogens is 338 g/mol. The number of ether oxygens (including phenoxy) is 1. The number of hydrogen-bond acceptors (Lipinski definition) is 3. The molecule has 4 nitrogen and oxygen atoms in total. The van der Waals surface area contributed by atoms with Crippen LogP contribution in [0.2, 0.25) is 0 Å². The zero-order valence-corrected chi connectivity index (χ0v) is 15.5. The molecule has 2 aromatic rings. The molecule has 0 aromatic heterocycles. The van der Waals surface area contributed by atoms with E-state index in [1.807, 2.05) is 59.5 Å². The molecule has 1 aliphatic heterocycles. The topological polar surface area (TPSA) is 46.6 Å². The van der Waals surface area contributed by atoms with Crippen LogP contribution in [0.1, 0.15) is 53.6 Å². The second-order valence-corrected chi connectivity index (χ2v) is 7.57. The standard InChI is InChI=1S/C23H25NO3/c25-21(24-15-4-5-16-24)19-11-9-18(10-12-19)17-27-22(26)23(13-6-14-23)20-7-2-1-3-8-20/h1-3,7-12H,4-6,13-17H2. The first-order valence-corrected chi connectivity index (χ1v) is 9.80. The normalized spacial score (nSPS) is 18.0. The lowest BCUT2D eigenvalue weighted by atomic mass is 9.64. The zero-order valence-electron chi connectivity index (χ0n) is 15.5. The van der Waals surface area contributed by atoms with Crippen LogP contribution >= 0.6 is 0 Å². The number of likely N-dealkylation sites (tertiary alicyclic amines) is 1. The molecule has 0 atom stereocenters. The lowest BCUT2D eigenvalue weighted by Crippen LogP contribution is -2.43. The maximum Gasteiger partial charge on any atom is 0.316 e. The van der Waals surface area contributed by atoms with E-state index in [4.69, 9.17) is 4.74 Å². The second-order valence-electron chi connectivity index (χ2n) is 7.57. The first-order valence-electron chi connectivity index (χ1n) is 9.80. The predicted molar refractivity (Wildman–Crippen MR) is 103 cm³/mol. The molecule has 4 heteroatoms. The molecule has 2 aliphatic rings. The van der Waals surface area contributed by atoms with Crippen molar-refractivity contribution in [1.29, 1.82) is 0 Å². The molecule has 1 heterocycles. The van der Waals surface area contributed by atoms with Crippen molar-refractivity contribution in [2.45, 2.75) is 44.1 Å². The lowest BCUT2D eigenvalue weighted by molar-refractivity contribution is -0.155. The predicted octanol–water partition coefficient (Wildman–Crippen LogP) is 4.09. The van der Waals surface area contributed by atoms with Crippen molar-refractivity contribution in [3.63, 3.8) is 0 Å². The van der Waals surface area contributed by atoms with Gasteiger partial charge in [-0.15, -0.1) is 0 Å². The van der Waals surface area contributed by atoms with Crippen LogP contribution in [-0.4, -0.2) is 29.9 Å². The highest BCUT2D eigenvalue weighted by Gasteiger charge is 2.46. The molecule has 140 valence electrons. The number of carbonyl (C=O) groups excluding carboxylic acids is 2. The lowest BCUT2D eigenvalue weighted by Gasteiger charge is -2.39. The molecule has 0 unspecified atom stereocenters. The van der Waals surface area contributed by atoms with Crippen molar-refractivity contribution < 1.29 is 14.3 Å². The smallest absolute Gasteiger partial charge is 0.316 e. The monoisotopic (exact) mass is 363 g/mol. The minimum Gasteiger partial charge on any atom is -0.460 e. The van der Waals surface area contributed by atoms with E-state index in [-0.39, 0.29) is 18.5 Å². The Morgan fingerprint density at radius 2 is 1.56 bits per heavy atom. The molecule has 4 rings (SSSR count). The molecule has 2 aromatic carbocycles. The highest BCUT2D eigenvalue weighted by molar-refractivity contribution is 5.94. The van der Waals surface area contributed by atoms with Crippen molar-refractivity contribution in [2.75, 3.05) is 13.1 Å². The highest BCUT2D eigenvalue weighted by atomic mass is 16.5. The summed E-state index contributed by atoms with van der Waals surface area (Å²) in [7, 11) is 0. The molecular formula is C23H25NO3. The van der Waals surface area contributed by atoms with E-state index in [1.54, 1.807) is 0 Å². The third kappa shape index (κ3) is 3.48. The molecule has 2 fully saturated rings. The van der Waals surface area contributed by atoms with E-state index in [1.165, 1.54) is 0 Å². The van der Waals surface area contributed by atoms with Gasteiger partial charge in [-0.05, 0) is 48.9 Å². The summed E-state index contributed by atoms with van der Waals surface area (Å²) in [6.07, 6.45) is 4.92. The summed E-state index contributed by atoms with van der Waals surface area (Å²) in [6, 6.07) is 17.4. The largest absolute Gasteiger partial charge is 0.460 e. The first-order chi connectivity index (χ1) is 13.2. The summed E-state index contributed by atoms with van der Waals surface area (Å²) in [4.78, 5) is 27.1. The summed E-state index contributed by atoms with van der Waals surface area (Å²) in [5.41, 5.74) is 2.18. The van der Waals surface area contributed by atoms with Gasteiger partial charge in [0, 0.05) is 18.7 Å². The van der Waals surface area contributed by atoms with Gasteiger partial charge in [-0.25, -0.2) is 0 Å². The Kier molecular flexibility index (Phi) is 4.97. The van der Waals surface area contributed by atoms with Crippen LogP contribution in [-0.2, 0) is 21.6 Å². The van der Waals surface area contributed by atoms with Crippen LogP contribution in [0.5, 0.6) is 0 Å². The Morgan fingerprint density at radius 3 is 2.15 bits per heavy atom. The Hall–Kier alpha value is -2.62. The molecule has 1 saturated heterocycles. The summed E-state index contributed by atoms with van der Waals surface area (Å²) in [5, 5.41) is 0. The van der Waals surface area contributed by atoms with Gasteiger partial charge in [-0.3, -0.25) is 9.59 Å². The van der Waals surface area contributed by atoms with E-state index in [2.05, 4.69) is 0 Å². The third-order valence-corrected chi connectivity index (χ3v) is 5.89. The van der Waals surface area contributed by atoms with Crippen LogP contribution < -0.4 is 0 Å². The number of hydrogen-bond donors (Lipinski definition) is 0. The summed E-state index contributed by atoms with van der Waals surface area (Å²) >= 11 is 0. The minimum atomic E-state index is -0.479. The molecule has 1 saturated carbocycles. The first kappa shape index (κ1) is 17.8. The quantitative estimate of drug-likeness (QED) is 0.752. The number of benzene rings is 2. The van der Waals surface area contributed by atoms with Gasteiger partial charge >= 0.3 is 5.97 Å². The van der Waals surface area contributed by atoms with Gasteiger partial charge in [-0.1, -0.05) is 48.9 Å². The fourth-order valence-electron chi connectivity index (χ4n) is 4.03. The molecule has 1 amide bonds. The van der Waals surface area contributed by atoms with Gasteiger partial charge in [0.2, 0.25) is 0 Å². The summed E-state index contributed by atoms with van der Waals surface area (Å²) in [6.45, 7) is 1.94. The molecule has 0 N–H and O–H groups in total.